The highest BCUT2D eigenvalue weighted by Gasteiger charge is 2.10. The number of carbonyl (C=O) groups is 1. The zero-order valence-electron chi connectivity index (χ0n) is 10.8. The molecular formula is C13H14N4O3. The minimum atomic E-state index is -0.323. The van der Waals surface area contributed by atoms with Gasteiger partial charge in [0.2, 0.25) is 0 Å². The van der Waals surface area contributed by atoms with Crippen molar-refractivity contribution in [1.29, 1.82) is 0 Å². The highest BCUT2D eigenvalue weighted by atomic mass is 16.5. The Morgan fingerprint density at radius 1 is 1.50 bits per heavy atom. The van der Waals surface area contributed by atoms with Crippen LogP contribution in [-0.4, -0.2) is 22.1 Å². The van der Waals surface area contributed by atoms with Gasteiger partial charge in [0, 0.05) is 18.2 Å². The second-order valence-corrected chi connectivity index (χ2v) is 4.19. The summed E-state index contributed by atoms with van der Waals surface area (Å²) in [5.41, 5.74) is 7.14. The molecule has 0 saturated heterocycles. The van der Waals surface area contributed by atoms with E-state index in [9.17, 15) is 4.79 Å². The third kappa shape index (κ3) is 3.14. The van der Waals surface area contributed by atoms with E-state index in [1.807, 2.05) is 6.07 Å². The number of carbonyl (C=O) groups excluding carboxylic acids is 1. The summed E-state index contributed by atoms with van der Waals surface area (Å²) in [5, 5.41) is 17.9. The van der Waals surface area contributed by atoms with Gasteiger partial charge in [-0.15, -0.1) is 0 Å². The Bertz CT molecular complexity index is 649. The number of nitrogens with two attached hydrogens (primary N) is 1. The third-order valence-electron chi connectivity index (χ3n) is 2.64. The topological polar surface area (TPSA) is 114 Å². The fourth-order valence-corrected chi connectivity index (χ4v) is 1.64. The van der Waals surface area contributed by atoms with Gasteiger partial charge in [0.1, 0.15) is 5.76 Å². The van der Waals surface area contributed by atoms with Crippen molar-refractivity contribution in [1.82, 2.24) is 10.5 Å². The number of amidine groups is 1. The molecule has 7 heteroatoms. The Labute approximate surface area is 115 Å². The predicted octanol–water partition coefficient (Wildman–Crippen LogP) is 1.01. The zero-order chi connectivity index (χ0) is 14.5. The van der Waals surface area contributed by atoms with Crippen LogP contribution in [0.3, 0.4) is 0 Å². The Kier molecular flexibility index (Phi) is 3.99. The maximum absolute atomic E-state index is 11.8. The number of benzene rings is 1. The molecule has 104 valence electrons. The molecule has 0 unspecified atom stereocenters. The van der Waals surface area contributed by atoms with Crippen molar-refractivity contribution in [3.63, 3.8) is 0 Å². The normalized spacial score (nSPS) is 11.3. The fourth-order valence-electron chi connectivity index (χ4n) is 1.64. The van der Waals surface area contributed by atoms with Crippen molar-refractivity contribution in [3.8, 4) is 0 Å². The molecule has 7 nitrogen and oxygen atoms in total. The van der Waals surface area contributed by atoms with Crippen LogP contribution in [0.15, 0.2) is 40.0 Å². The van der Waals surface area contributed by atoms with Gasteiger partial charge in [-0.2, -0.15) is 0 Å². The fraction of sp³-hybridized carbons (Fsp3) is 0.154. The first kappa shape index (κ1) is 13.6. The summed E-state index contributed by atoms with van der Waals surface area (Å²) < 4.78 is 4.83. The summed E-state index contributed by atoms with van der Waals surface area (Å²) in [6.07, 6.45) is 0. The van der Waals surface area contributed by atoms with E-state index in [0.717, 1.165) is 5.56 Å². The lowest BCUT2D eigenvalue weighted by Gasteiger charge is -2.05. The summed E-state index contributed by atoms with van der Waals surface area (Å²) in [5.74, 6) is 0.269. The third-order valence-corrected chi connectivity index (χ3v) is 2.64. The minimum absolute atomic E-state index is 0.0188. The van der Waals surface area contributed by atoms with Crippen LogP contribution in [0, 0.1) is 6.92 Å². The summed E-state index contributed by atoms with van der Waals surface area (Å²) in [6.45, 7) is 2.02. The van der Waals surface area contributed by atoms with Crippen molar-refractivity contribution in [2.75, 3.05) is 0 Å². The molecule has 1 aromatic carbocycles. The van der Waals surface area contributed by atoms with E-state index in [4.69, 9.17) is 15.5 Å². The average Bonchev–Trinajstić information content (AvgIpc) is 2.91. The molecule has 0 fully saturated rings. The molecule has 1 heterocycles. The van der Waals surface area contributed by atoms with Crippen LogP contribution in [0.4, 0.5) is 0 Å². The largest absolute Gasteiger partial charge is 0.409 e. The van der Waals surface area contributed by atoms with Crippen LogP contribution in [-0.2, 0) is 6.54 Å². The van der Waals surface area contributed by atoms with Gasteiger partial charge in [-0.1, -0.05) is 28.5 Å². The highest BCUT2D eigenvalue weighted by molar-refractivity contribution is 5.97. The quantitative estimate of drug-likeness (QED) is 0.333. The molecule has 0 aliphatic carbocycles. The van der Waals surface area contributed by atoms with Crippen LogP contribution < -0.4 is 11.1 Å². The van der Waals surface area contributed by atoms with Crippen molar-refractivity contribution < 1.29 is 14.5 Å². The van der Waals surface area contributed by atoms with Gasteiger partial charge in [0.15, 0.2) is 11.5 Å². The monoisotopic (exact) mass is 274 g/mol. The molecule has 20 heavy (non-hydrogen) atoms. The summed E-state index contributed by atoms with van der Waals surface area (Å²) in [6, 6.07) is 8.57. The summed E-state index contributed by atoms with van der Waals surface area (Å²) >= 11 is 0. The molecule has 0 spiro atoms. The van der Waals surface area contributed by atoms with Gasteiger partial charge in [-0.25, -0.2) is 0 Å². The summed E-state index contributed by atoms with van der Waals surface area (Å²) in [7, 11) is 0. The number of rotatable bonds is 4. The molecule has 2 rings (SSSR count). The first-order valence-corrected chi connectivity index (χ1v) is 5.88. The number of nitrogens with zero attached hydrogens (tertiary/aromatic N) is 2. The highest BCUT2D eigenvalue weighted by Crippen LogP contribution is 2.06. The maximum atomic E-state index is 11.8. The molecule has 2 aromatic rings. The van der Waals surface area contributed by atoms with Crippen molar-refractivity contribution in [2.45, 2.75) is 13.5 Å². The maximum Gasteiger partial charge on any atom is 0.273 e. The lowest BCUT2D eigenvalue weighted by atomic mass is 10.1. The molecule has 1 aromatic heterocycles. The Morgan fingerprint density at radius 3 is 2.95 bits per heavy atom. The van der Waals surface area contributed by atoms with E-state index in [2.05, 4.69) is 15.6 Å². The minimum Gasteiger partial charge on any atom is -0.409 e. The van der Waals surface area contributed by atoms with Gasteiger partial charge in [0.25, 0.3) is 5.91 Å². The SMILES string of the molecule is Cc1cc(C(=O)NCc2cccc(C(N)=NO)c2)no1. The van der Waals surface area contributed by atoms with Gasteiger partial charge in [-0.05, 0) is 18.6 Å². The molecule has 0 aliphatic heterocycles. The average molecular weight is 274 g/mol. The lowest BCUT2D eigenvalue weighted by Crippen LogP contribution is -2.23. The first-order valence-electron chi connectivity index (χ1n) is 5.88. The first-order chi connectivity index (χ1) is 9.60. The standard InChI is InChI=1S/C13H14N4O3/c1-8-5-11(17-20-8)13(18)15-7-9-3-2-4-10(6-9)12(14)16-19/h2-6,19H,7H2,1H3,(H2,14,16)(H,15,18). The van der Waals surface area contributed by atoms with Gasteiger partial charge >= 0.3 is 0 Å². The van der Waals surface area contributed by atoms with Gasteiger partial charge < -0.3 is 20.8 Å². The molecule has 0 bridgehead atoms. The van der Waals surface area contributed by atoms with E-state index in [1.165, 1.54) is 0 Å². The zero-order valence-corrected chi connectivity index (χ0v) is 10.8. The lowest BCUT2D eigenvalue weighted by molar-refractivity contribution is 0.0942. The van der Waals surface area contributed by atoms with Crippen LogP contribution in [0.25, 0.3) is 0 Å². The number of aryl methyl sites for hydroxylation is 1. The number of hydrogen-bond acceptors (Lipinski definition) is 5. The Morgan fingerprint density at radius 2 is 2.30 bits per heavy atom. The van der Waals surface area contributed by atoms with Crippen LogP contribution in [0.2, 0.25) is 0 Å². The number of hydrogen-bond donors (Lipinski definition) is 3. The van der Waals surface area contributed by atoms with E-state index in [1.54, 1.807) is 31.2 Å². The Balaban J connectivity index is 2.02. The van der Waals surface area contributed by atoms with Crippen LogP contribution in [0.1, 0.15) is 27.4 Å². The summed E-state index contributed by atoms with van der Waals surface area (Å²) in [4.78, 5) is 11.8. The second kappa shape index (κ2) is 5.87. The molecular weight excluding hydrogens is 260 g/mol. The molecule has 4 N–H and O–H groups in total. The van der Waals surface area contributed by atoms with E-state index in [0.29, 0.717) is 17.9 Å². The molecule has 1 amide bonds. The molecule has 0 atom stereocenters. The molecule has 0 radical (unpaired) electrons. The van der Waals surface area contributed by atoms with Crippen molar-refractivity contribution in [2.24, 2.45) is 10.9 Å². The molecule has 0 aliphatic rings. The van der Waals surface area contributed by atoms with Crippen LogP contribution >= 0.6 is 0 Å². The predicted molar refractivity (Wildman–Crippen MR) is 71.4 cm³/mol. The van der Waals surface area contributed by atoms with Crippen molar-refractivity contribution in [3.05, 3.63) is 52.9 Å². The van der Waals surface area contributed by atoms with E-state index >= 15 is 0 Å². The smallest absolute Gasteiger partial charge is 0.273 e. The van der Waals surface area contributed by atoms with Gasteiger partial charge in [0.05, 0.1) is 0 Å². The number of oxime groups is 1. The van der Waals surface area contributed by atoms with Crippen molar-refractivity contribution >= 4 is 11.7 Å². The number of aromatic nitrogens is 1. The number of nitrogens with one attached hydrogen (secondary N) is 1. The van der Waals surface area contributed by atoms with Gasteiger partial charge in [-0.3, -0.25) is 4.79 Å². The molecule has 0 saturated carbocycles. The van der Waals surface area contributed by atoms with E-state index < -0.39 is 0 Å². The Hall–Kier alpha value is -2.83. The van der Waals surface area contributed by atoms with E-state index in [-0.39, 0.29) is 17.4 Å². The number of amides is 1. The van der Waals surface area contributed by atoms with Crippen LogP contribution in [0.5, 0.6) is 0 Å². The second-order valence-electron chi connectivity index (χ2n) is 4.19.